The van der Waals surface area contributed by atoms with Gasteiger partial charge in [-0.1, -0.05) is 398 Å². The lowest BCUT2D eigenvalue weighted by molar-refractivity contribution is 0.0637. The molecular weight excluding hydrogens is 1860 g/mol. The highest BCUT2D eigenvalue weighted by atomic mass is 32.1. The Labute approximate surface area is 867 Å². The molecule has 0 aliphatic carbocycles. The van der Waals surface area contributed by atoms with E-state index in [1.165, 1.54) is 216 Å². The van der Waals surface area contributed by atoms with E-state index in [1.54, 1.807) is 32.5 Å². The SMILES string of the molecule is CCCCCCCCN1C(=O)c2sc3c(-c4cc5c(-c6ccc(CC(CC)CCCC)s6)c6sc(C(CC)(CCCCC)C(CC)(CCCCC)c7sc(-c8ccc9c%10cccc%11c(C(C)(CC)c%12ccccc%12)ccc(c%12cccc8c9%12)c%11%10)c8sc9c(c78)C(=O)N(CCCCCCCC)C9=O)cc6c(-c6ccc(CC(CC)CCCC)s6)c5s4)sc(C(C)(CCCCCC)c4ccccc4)c3c2C1=O. The predicted molar refractivity (Wildman–Crippen MR) is 617 cm³/mol. The van der Waals surface area contributed by atoms with Crippen molar-refractivity contribution in [1.29, 1.82) is 0 Å². The minimum Gasteiger partial charge on any atom is -0.274 e. The Morgan fingerprint density at radius 3 is 1.26 bits per heavy atom. The van der Waals surface area contributed by atoms with Crippen molar-refractivity contribution < 1.29 is 19.2 Å². The summed E-state index contributed by atoms with van der Waals surface area (Å²) in [5.74, 6) is 0.713. The van der Waals surface area contributed by atoms with Gasteiger partial charge in [0.05, 0.1) is 30.3 Å². The number of amides is 4. The van der Waals surface area contributed by atoms with E-state index < -0.39 is 16.2 Å². The van der Waals surface area contributed by atoms with Gasteiger partial charge >= 0.3 is 0 Å². The maximum Gasteiger partial charge on any atom is 0.271 e. The number of hydrogen-bond acceptors (Lipinski definition) is 12. The molecule has 6 nitrogen and oxygen atoms in total. The molecule has 0 N–H and O–H groups in total. The maximum absolute atomic E-state index is 16.5. The first-order valence-corrected chi connectivity index (χ1v) is 61.3. The van der Waals surface area contributed by atoms with Gasteiger partial charge in [-0.15, -0.1) is 90.7 Å². The van der Waals surface area contributed by atoms with E-state index in [0.717, 1.165) is 194 Å². The van der Waals surface area contributed by atoms with Crippen molar-refractivity contribution in [1.82, 2.24) is 9.80 Å². The van der Waals surface area contributed by atoms with E-state index in [-0.39, 0.29) is 29.0 Å². The summed E-state index contributed by atoms with van der Waals surface area (Å²) in [5.41, 5.74) is 7.35. The molecule has 8 aromatic heterocycles. The van der Waals surface area contributed by atoms with Crippen LogP contribution in [-0.4, -0.2) is 46.5 Å². The molecule has 0 fully saturated rings. The van der Waals surface area contributed by atoms with Gasteiger partial charge in [0.1, 0.15) is 9.75 Å². The zero-order valence-corrected chi connectivity index (χ0v) is 92.8. The summed E-state index contributed by atoms with van der Waals surface area (Å²) in [6, 6.07) is 61.6. The van der Waals surface area contributed by atoms with Crippen molar-refractivity contribution >= 4 is 198 Å². The number of carbonyl (C=O) groups excluding carboxylic acids is 4. The van der Waals surface area contributed by atoms with Crippen molar-refractivity contribution in [2.24, 2.45) is 11.8 Å². The van der Waals surface area contributed by atoms with Crippen LogP contribution in [0.2, 0.25) is 0 Å². The Kier molecular flexibility index (Phi) is 32.7. The third-order valence-electron chi connectivity index (χ3n) is 33.4. The van der Waals surface area contributed by atoms with E-state index in [9.17, 15) is 0 Å². The molecule has 736 valence electrons. The van der Waals surface area contributed by atoms with Crippen molar-refractivity contribution in [3.63, 3.8) is 0 Å². The molecule has 2 aliphatic heterocycles. The lowest BCUT2D eigenvalue weighted by Crippen LogP contribution is -2.48. The van der Waals surface area contributed by atoms with Crippen molar-refractivity contribution in [3.05, 3.63) is 220 Å². The Morgan fingerprint density at radius 2 is 0.729 bits per heavy atom. The molecule has 4 amide bonds. The maximum atomic E-state index is 16.5. The number of imide groups is 2. The summed E-state index contributed by atoms with van der Waals surface area (Å²) in [5, 5.41) is 14.8. The number of unbranched alkanes of at least 4 members (excludes halogenated alkanes) is 19. The van der Waals surface area contributed by atoms with Crippen LogP contribution in [0.3, 0.4) is 0 Å². The fraction of sp³-hybridized carbons (Fsp3) is 0.476. The number of hydrogen-bond donors (Lipinski definition) is 0. The highest BCUT2D eigenvalue weighted by Crippen LogP contribution is 2.67. The van der Waals surface area contributed by atoms with Crippen LogP contribution in [0.5, 0.6) is 0 Å². The third-order valence-corrected chi connectivity index (χ3v) is 43.9. The quantitative estimate of drug-likeness (QED) is 0.0165. The summed E-state index contributed by atoms with van der Waals surface area (Å²) >= 11 is 15.3. The molecule has 2 aliphatic rings. The molecule has 6 atom stereocenters. The molecule has 18 rings (SSSR count). The second-order valence-electron chi connectivity index (χ2n) is 42.0. The molecule has 10 heterocycles. The predicted octanol–water partition coefficient (Wildman–Crippen LogP) is 41.1. The molecule has 6 unspecified atom stereocenters. The molecule has 0 radical (unpaired) electrons. The number of benzene rings is 8. The van der Waals surface area contributed by atoms with Gasteiger partial charge in [-0.25, -0.2) is 0 Å². The topological polar surface area (TPSA) is 74.8 Å². The summed E-state index contributed by atoms with van der Waals surface area (Å²) in [7, 11) is 0. The van der Waals surface area contributed by atoms with Gasteiger partial charge in [0, 0.05) is 121 Å². The van der Waals surface area contributed by atoms with Gasteiger partial charge in [-0.2, -0.15) is 0 Å². The van der Waals surface area contributed by atoms with E-state index in [4.69, 9.17) is 0 Å². The third kappa shape index (κ3) is 18.6. The molecule has 0 saturated carbocycles. The molecule has 8 aromatic carbocycles. The van der Waals surface area contributed by atoms with Gasteiger partial charge in [0.15, 0.2) is 0 Å². The minimum absolute atomic E-state index is 0.107. The number of nitrogens with zero attached hydrogens (tertiary/aromatic N) is 2. The van der Waals surface area contributed by atoms with Crippen LogP contribution >= 0.6 is 90.7 Å². The minimum atomic E-state index is -0.539. The zero-order chi connectivity index (χ0) is 97.7. The largest absolute Gasteiger partial charge is 0.274 e. The van der Waals surface area contributed by atoms with E-state index in [0.29, 0.717) is 45.8 Å². The summed E-state index contributed by atoms with van der Waals surface area (Å²) in [6.45, 7) is 34.2. The Hall–Kier alpha value is -8.02. The van der Waals surface area contributed by atoms with Gasteiger partial charge < -0.3 is 0 Å². The second-order valence-corrected chi connectivity index (χ2v) is 50.5. The Morgan fingerprint density at radius 1 is 0.293 bits per heavy atom. The molecule has 0 saturated heterocycles. The first-order chi connectivity index (χ1) is 68.3. The molecule has 14 heteroatoms. The molecule has 0 spiro atoms. The number of carbonyl (C=O) groups is 4. The van der Waals surface area contributed by atoms with Crippen LogP contribution in [0.1, 0.15) is 409 Å². The number of fused-ring (bicyclic) bond motifs is 10. The number of thiophene rings is 8. The number of rotatable bonds is 53. The highest BCUT2D eigenvalue weighted by molar-refractivity contribution is 7.32. The second kappa shape index (κ2) is 44.9. The highest BCUT2D eigenvalue weighted by Gasteiger charge is 2.56. The zero-order valence-electron chi connectivity index (χ0n) is 86.2. The lowest BCUT2D eigenvalue weighted by atomic mass is 9.54. The van der Waals surface area contributed by atoms with Gasteiger partial charge in [-0.05, 0) is 172 Å². The van der Waals surface area contributed by atoms with Crippen molar-refractivity contribution in [2.75, 3.05) is 13.1 Å². The standard InChI is InChI=1S/C126H150N2O4S8/c1-15-27-34-37-39-50-75-127-119(129)107-105-114(138-115(107)121(127)131)112(140-117(105)124(14,72-49-36-29-17-3)84-58-45-42-46-59-84)99-79-94-103(97-70-64-85(133-97)77-81(22-8)54-32-20-6)110-95(104(109(94)135-99)98-71-65-86(134-98)78-82(23-9)55-33-21-7)80-100(136-110)125(25-11,73-47-30-18-4)126(26-12,74-48-31-19-5)118-106-108-116(122(132)128(120(108)130)76-51-40-38-35-28-16-2)137-113(106)111(139-118)92-67-66-90-88-61-53-63-93-96(123(13,24-10)83-56-43-41-44-57-83)69-68-91(102(88)93)87-60-52-62-89(92)101(87)90/h41-46,52-53,56-71,79-82H,15-40,47-51,54-55,72-78H2,1-14H3. The van der Waals surface area contributed by atoms with E-state index >= 15 is 19.2 Å². The van der Waals surface area contributed by atoms with E-state index in [2.05, 4.69) is 266 Å². The average Bonchev–Trinajstić information content (AvgIpc) is 1.52. The monoisotopic (exact) mass is 2010 g/mol. The van der Waals surface area contributed by atoms with Crippen molar-refractivity contribution in [2.45, 2.75) is 363 Å². The van der Waals surface area contributed by atoms with Crippen LogP contribution in [0.25, 0.3) is 125 Å². The van der Waals surface area contributed by atoms with Crippen LogP contribution < -0.4 is 0 Å². The van der Waals surface area contributed by atoms with Crippen LogP contribution in [0, 0.1) is 11.8 Å². The summed E-state index contributed by atoms with van der Waals surface area (Å²) in [4.78, 5) is 81.3. The lowest BCUT2D eigenvalue weighted by Gasteiger charge is -2.51. The van der Waals surface area contributed by atoms with Crippen molar-refractivity contribution in [3.8, 4) is 41.1 Å². The molecule has 0 bridgehead atoms. The fourth-order valence-electron chi connectivity index (χ4n) is 25.0. The van der Waals surface area contributed by atoms with Crippen LogP contribution in [-0.2, 0) is 34.5 Å². The average molecular weight is 2010 g/mol. The van der Waals surface area contributed by atoms with Gasteiger partial charge in [0.2, 0.25) is 0 Å². The first kappa shape index (κ1) is 102. The fourth-order valence-corrected chi connectivity index (χ4v) is 36.6. The smallest absolute Gasteiger partial charge is 0.271 e. The normalized spacial score (nSPS) is 15.4. The Balaban J connectivity index is 0.905. The summed E-state index contributed by atoms with van der Waals surface area (Å²) in [6.07, 6.45) is 40.9. The molecule has 16 aromatic rings. The Bertz CT molecular complexity index is 6940. The van der Waals surface area contributed by atoms with Crippen LogP contribution in [0.15, 0.2) is 158 Å². The molecule has 140 heavy (non-hydrogen) atoms. The van der Waals surface area contributed by atoms with Gasteiger partial charge in [0.25, 0.3) is 23.6 Å². The van der Waals surface area contributed by atoms with Crippen LogP contribution in [0.4, 0.5) is 0 Å². The van der Waals surface area contributed by atoms with Gasteiger partial charge in [-0.3, -0.25) is 29.0 Å². The summed E-state index contributed by atoms with van der Waals surface area (Å²) < 4.78 is 4.82. The molecular formula is C126H150N2O4S8. The first-order valence-electron chi connectivity index (χ1n) is 54.7. The van der Waals surface area contributed by atoms with E-state index in [1.807, 2.05) is 56.7 Å².